The van der Waals surface area contributed by atoms with Crippen molar-refractivity contribution in [1.29, 1.82) is 0 Å². The Morgan fingerprint density at radius 1 is 1.19 bits per heavy atom. The summed E-state index contributed by atoms with van der Waals surface area (Å²) in [7, 11) is 0. The van der Waals surface area contributed by atoms with Crippen LogP contribution < -0.4 is 15.8 Å². The summed E-state index contributed by atoms with van der Waals surface area (Å²) in [4.78, 5) is 11.8. The number of nitrogens with two attached hydrogens (primary N) is 1. The van der Waals surface area contributed by atoms with E-state index in [0.29, 0.717) is 27.2 Å². The minimum Gasteiger partial charge on any atom is -0.493 e. The lowest BCUT2D eigenvalue weighted by molar-refractivity contribution is -0.116. The quantitative estimate of drug-likeness (QED) is 0.817. The number of nitrogens with one attached hydrogen (secondary N) is 1. The lowest BCUT2D eigenvalue weighted by Crippen LogP contribution is -2.15. The third-order valence-electron chi connectivity index (χ3n) is 2.66. The van der Waals surface area contributed by atoms with Crippen LogP contribution in [0, 0.1) is 0 Å². The van der Waals surface area contributed by atoms with Gasteiger partial charge in [-0.1, -0.05) is 29.3 Å². The van der Waals surface area contributed by atoms with Gasteiger partial charge in [-0.05, 0) is 36.4 Å². The van der Waals surface area contributed by atoms with E-state index in [9.17, 15) is 4.79 Å². The van der Waals surface area contributed by atoms with Crippen LogP contribution in [0.25, 0.3) is 0 Å². The molecule has 0 fully saturated rings. The molecule has 0 atom stereocenters. The Balaban J connectivity index is 1.82. The molecule has 1 amide bonds. The number of anilines is 2. The van der Waals surface area contributed by atoms with Crippen molar-refractivity contribution in [2.45, 2.75) is 6.42 Å². The van der Waals surface area contributed by atoms with Gasteiger partial charge in [-0.25, -0.2) is 0 Å². The highest BCUT2D eigenvalue weighted by Gasteiger charge is 2.06. The molecule has 0 spiro atoms. The average Bonchev–Trinajstić information content (AvgIpc) is 2.42. The Morgan fingerprint density at radius 2 is 2.00 bits per heavy atom. The summed E-state index contributed by atoms with van der Waals surface area (Å²) in [5, 5.41) is 3.69. The van der Waals surface area contributed by atoms with E-state index in [1.807, 2.05) is 0 Å². The van der Waals surface area contributed by atoms with E-state index in [4.69, 9.17) is 33.7 Å². The first kappa shape index (κ1) is 15.5. The first-order chi connectivity index (χ1) is 10.0. The molecule has 0 saturated heterocycles. The van der Waals surface area contributed by atoms with E-state index >= 15 is 0 Å². The number of nitrogen functional groups attached to an aromatic ring is 1. The number of carbonyl (C=O) groups excluding carboxylic acids is 1. The number of benzene rings is 2. The first-order valence-corrected chi connectivity index (χ1v) is 7.03. The Kier molecular flexibility index (Phi) is 5.31. The second-order valence-electron chi connectivity index (χ2n) is 4.34. The average molecular weight is 325 g/mol. The molecule has 0 aliphatic heterocycles. The molecule has 0 saturated carbocycles. The molecule has 0 heterocycles. The van der Waals surface area contributed by atoms with Crippen LogP contribution in [0.3, 0.4) is 0 Å². The lowest BCUT2D eigenvalue weighted by Gasteiger charge is -2.09. The Labute approximate surface area is 132 Å². The van der Waals surface area contributed by atoms with Gasteiger partial charge in [0.05, 0.1) is 23.7 Å². The summed E-state index contributed by atoms with van der Waals surface area (Å²) in [6.07, 6.45) is 0.202. The molecule has 0 aliphatic carbocycles. The molecule has 110 valence electrons. The standard InChI is InChI=1S/C15H14Cl2N2O2/c16-10-2-1-3-12(8-10)21-7-6-15(20)19-14-5-4-11(18)9-13(14)17/h1-5,8-9H,6-7,18H2,(H,19,20). The maximum Gasteiger partial charge on any atom is 0.227 e. The minimum atomic E-state index is -0.191. The normalized spacial score (nSPS) is 10.2. The van der Waals surface area contributed by atoms with Crippen LogP contribution in [0.2, 0.25) is 10.0 Å². The van der Waals surface area contributed by atoms with Crippen LogP contribution >= 0.6 is 23.2 Å². The van der Waals surface area contributed by atoms with Gasteiger partial charge in [-0.15, -0.1) is 0 Å². The number of hydrogen-bond acceptors (Lipinski definition) is 3. The molecule has 2 aromatic rings. The first-order valence-electron chi connectivity index (χ1n) is 6.28. The van der Waals surface area contributed by atoms with Crippen molar-refractivity contribution in [2.75, 3.05) is 17.7 Å². The summed E-state index contributed by atoms with van der Waals surface area (Å²) in [6, 6.07) is 11.9. The highest BCUT2D eigenvalue weighted by molar-refractivity contribution is 6.34. The predicted octanol–water partition coefficient (Wildman–Crippen LogP) is 3.98. The van der Waals surface area contributed by atoms with Crippen LogP contribution in [0.15, 0.2) is 42.5 Å². The van der Waals surface area contributed by atoms with Gasteiger partial charge in [0.1, 0.15) is 5.75 Å². The summed E-state index contributed by atoms with van der Waals surface area (Å²) in [5.74, 6) is 0.435. The summed E-state index contributed by atoms with van der Waals surface area (Å²) < 4.78 is 5.45. The number of amides is 1. The van der Waals surface area contributed by atoms with E-state index in [1.54, 1.807) is 42.5 Å². The topological polar surface area (TPSA) is 64.3 Å². The SMILES string of the molecule is Nc1ccc(NC(=O)CCOc2cccc(Cl)c2)c(Cl)c1. The molecule has 0 bridgehead atoms. The van der Waals surface area contributed by atoms with E-state index in [2.05, 4.69) is 5.32 Å². The van der Waals surface area contributed by atoms with Gasteiger partial charge in [0.15, 0.2) is 0 Å². The monoisotopic (exact) mass is 324 g/mol. The van der Waals surface area contributed by atoms with Gasteiger partial charge >= 0.3 is 0 Å². The molecule has 0 unspecified atom stereocenters. The van der Waals surface area contributed by atoms with Gasteiger partial charge in [0.25, 0.3) is 0 Å². The Hall–Kier alpha value is -1.91. The van der Waals surface area contributed by atoms with Gasteiger partial charge < -0.3 is 15.8 Å². The number of carbonyl (C=O) groups is 1. The van der Waals surface area contributed by atoms with Crippen molar-refractivity contribution < 1.29 is 9.53 Å². The van der Waals surface area contributed by atoms with E-state index in [0.717, 1.165) is 0 Å². The van der Waals surface area contributed by atoms with Crippen LogP contribution in [0.5, 0.6) is 5.75 Å². The maximum absolute atomic E-state index is 11.8. The molecule has 3 N–H and O–H groups in total. The molecule has 6 heteroatoms. The van der Waals surface area contributed by atoms with Crippen molar-refractivity contribution in [3.05, 3.63) is 52.5 Å². The molecule has 0 aromatic heterocycles. The van der Waals surface area contributed by atoms with Crippen LogP contribution in [0.4, 0.5) is 11.4 Å². The molecule has 2 aromatic carbocycles. The maximum atomic E-state index is 11.8. The molecular weight excluding hydrogens is 311 g/mol. The van der Waals surface area contributed by atoms with Crippen molar-refractivity contribution in [3.63, 3.8) is 0 Å². The predicted molar refractivity (Wildman–Crippen MR) is 86.1 cm³/mol. The number of hydrogen-bond donors (Lipinski definition) is 2. The Morgan fingerprint density at radius 3 is 2.71 bits per heavy atom. The fourth-order valence-electron chi connectivity index (χ4n) is 1.66. The zero-order valence-electron chi connectivity index (χ0n) is 11.1. The van der Waals surface area contributed by atoms with Crippen LogP contribution in [-0.2, 0) is 4.79 Å². The van der Waals surface area contributed by atoms with E-state index in [1.165, 1.54) is 0 Å². The van der Waals surface area contributed by atoms with Gasteiger partial charge in [-0.3, -0.25) is 4.79 Å². The lowest BCUT2D eigenvalue weighted by atomic mass is 10.2. The molecule has 0 radical (unpaired) electrons. The molecule has 0 aliphatic rings. The van der Waals surface area contributed by atoms with E-state index < -0.39 is 0 Å². The minimum absolute atomic E-state index is 0.191. The van der Waals surface area contributed by atoms with Crippen molar-refractivity contribution in [3.8, 4) is 5.75 Å². The largest absolute Gasteiger partial charge is 0.493 e. The smallest absolute Gasteiger partial charge is 0.227 e. The fourth-order valence-corrected chi connectivity index (χ4v) is 2.08. The third-order valence-corrected chi connectivity index (χ3v) is 3.21. The van der Waals surface area contributed by atoms with E-state index in [-0.39, 0.29) is 18.9 Å². The van der Waals surface area contributed by atoms with Gasteiger partial charge in [0, 0.05) is 10.7 Å². The van der Waals surface area contributed by atoms with Gasteiger partial charge in [0.2, 0.25) is 5.91 Å². The van der Waals surface area contributed by atoms with Crippen LogP contribution in [-0.4, -0.2) is 12.5 Å². The third kappa shape index (κ3) is 4.85. The molecular formula is C15H14Cl2N2O2. The number of rotatable bonds is 5. The molecule has 4 nitrogen and oxygen atoms in total. The molecule has 2 rings (SSSR count). The fraction of sp³-hybridized carbons (Fsp3) is 0.133. The summed E-state index contributed by atoms with van der Waals surface area (Å²) in [6.45, 7) is 0.249. The van der Waals surface area contributed by atoms with Crippen molar-refractivity contribution in [2.24, 2.45) is 0 Å². The van der Waals surface area contributed by atoms with Crippen molar-refractivity contribution >= 4 is 40.5 Å². The zero-order valence-corrected chi connectivity index (χ0v) is 12.6. The van der Waals surface area contributed by atoms with Gasteiger partial charge in [-0.2, -0.15) is 0 Å². The number of ether oxygens (including phenoxy) is 1. The van der Waals surface area contributed by atoms with Crippen LogP contribution in [0.1, 0.15) is 6.42 Å². The zero-order chi connectivity index (χ0) is 15.2. The highest BCUT2D eigenvalue weighted by atomic mass is 35.5. The second kappa shape index (κ2) is 7.20. The second-order valence-corrected chi connectivity index (χ2v) is 5.19. The van der Waals surface area contributed by atoms with Crippen molar-refractivity contribution in [1.82, 2.24) is 0 Å². The number of halogens is 2. The summed E-state index contributed by atoms with van der Waals surface area (Å²) in [5.41, 5.74) is 6.66. The summed E-state index contributed by atoms with van der Waals surface area (Å²) >= 11 is 11.8. The Bertz CT molecular complexity index is 647. The highest BCUT2D eigenvalue weighted by Crippen LogP contribution is 2.24. The molecule has 21 heavy (non-hydrogen) atoms.